The molecule has 1 aromatic heterocycles. The van der Waals surface area contributed by atoms with Crippen LogP contribution in [0.15, 0.2) is 36.5 Å². The highest BCUT2D eigenvalue weighted by molar-refractivity contribution is 6.33. The first-order valence-corrected chi connectivity index (χ1v) is 5.60. The Labute approximate surface area is 99.8 Å². The van der Waals surface area contributed by atoms with E-state index in [1.165, 1.54) is 0 Å². The molecule has 2 N–H and O–H groups in total. The summed E-state index contributed by atoms with van der Waals surface area (Å²) in [5.41, 5.74) is 7.65. The average Bonchev–Trinajstić information content (AvgIpc) is 2.71. The normalized spacial score (nSPS) is 12.7. The van der Waals surface area contributed by atoms with Crippen LogP contribution in [0.2, 0.25) is 5.02 Å². The van der Waals surface area contributed by atoms with E-state index in [0.717, 1.165) is 11.3 Å². The van der Waals surface area contributed by atoms with Gasteiger partial charge in [0.1, 0.15) is 0 Å². The smallest absolute Gasteiger partial charge is 0.0872 e. The third-order valence-electron chi connectivity index (χ3n) is 2.56. The van der Waals surface area contributed by atoms with Crippen molar-refractivity contribution < 1.29 is 0 Å². The summed E-state index contributed by atoms with van der Waals surface area (Å²) in [4.78, 5) is 0. The van der Waals surface area contributed by atoms with Crippen LogP contribution in [-0.2, 0) is 0 Å². The minimum atomic E-state index is 0.141. The summed E-state index contributed by atoms with van der Waals surface area (Å²) >= 11 is 6.16. The minimum absolute atomic E-state index is 0.141. The van der Waals surface area contributed by atoms with Crippen molar-refractivity contribution in [1.82, 2.24) is 9.78 Å². The van der Waals surface area contributed by atoms with Crippen LogP contribution >= 0.6 is 11.6 Å². The number of rotatable bonds is 3. The first-order valence-electron chi connectivity index (χ1n) is 5.22. The lowest BCUT2D eigenvalue weighted by molar-refractivity contribution is 0.506. The van der Waals surface area contributed by atoms with Crippen molar-refractivity contribution in [2.24, 2.45) is 5.73 Å². The number of nitrogens with two attached hydrogens (primary N) is 1. The minimum Gasteiger partial charge on any atom is -0.328 e. The fourth-order valence-corrected chi connectivity index (χ4v) is 1.88. The standard InChI is InChI=1S/C12H14ClN3/c1-9(7-14)16-12(11(13)8-15-16)10-5-3-2-4-6-10/h2-6,8-9H,7,14H2,1H3. The SMILES string of the molecule is CC(CN)n1ncc(Cl)c1-c1ccccc1. The molecule has 0 spiro atoms. The van der Waals surface area contributed by atoms with Crippen molar-refractivity contribution in [2.75, 3.05) is 6.54 Å². The number of halogens is 1. The van der Waals surface area contributed by atoms with E-state index in [1.54, 1.807) is 6.20 Å². The number of benzene rings is 1. The Balaban J connectivity index is 2.52. The number of nitrogens with zero attached hydrogens (tertiary/aromatic N) is 2. The highest BCUT2D eigenvalue weighted by Crippen LogP contribution is 2.29. The molecule has 0 saturated carbocycles. The topological polar surface area (TPSA) is 43.8 Å². The third kappa shape index (κ3) is 1.96. The Morgan fingerprint density at radius 2 is 2.06 bits per heavy atom. The van der Waals surface area contributed by atoms with Crippen molar-refractivity contribution in [2.45, 2.75) is 13.0 Å². The van der Waals surface area contributed by atoms with Crippen LogP contribution in [0.5, 0.6) is 0 Å². The maximum Gasteiger partial charge on any atom is 0.0872 e. The van der Waals surface area contributed by atoms with Gasteiger partial charge in [0, 0.05) is 12.1 Å². The molecule has 0 radical (unpaired) electrons. The van der Waals surface area contributed by atoms with Gasteiger partial charge in [-0.2, -0.15) is 5.10 Å². The fraction of sp³-hybridized carbons (Fsp3) is 0.250. The van der Waals surface area contributed by atoms with Crippen LogP contribution in [-0.4, -0.2) is 16.3 Å². The zero-order valence-electron chi connectivity index (χ0n) is 9.10. The lowest BCUT2D eigenvalue weighted by Crippen LogP contribution is -2.17. The maximum atomic E-state index is 6.16. The first-order chi connectivity index (χ1) is 7.74. The Kier molecular flexibility index (Phi) is 3.27. The van der Waals surface area contributed by atoms with Gasteiger partial charge >= 0.3 is 0 Å². The molecular weight excluding hydrogens is 222 g/mol. The zero-order valence-corrected chi connectivity index (χ0v) is 9.85. The molecule has 2 aromatic rings. The number of aromatic nitrogens is 2. The zero-order chi connectivity index (χ0) is 11.5. The van der Waals surface area contributed by atoms with Gasteiger partial charge in [-0.15, -0.1) is 0 Å². The summed E-state index contributed by atoms with van der Waals surface area (Å²) < 4.78 is 1.87. The van der Waals surface area contributed by atoms with E-state index >= 15 is 0 Å². The van der Waals surface area contributed by atoms with Gasteiger partial charge in [-0.05, 0) is 6.92 Å². The molecule has 0 aliphatic heterocycles. The predicted molar refractivity (Wildman–Crippen MR) is 66.4 cm³/mol. The van der Waals surface area contributed by atoms with Crippen LogP contribution < -0.4 is 5.73 Å². The molecule has 1 unspecified atom stereocenters. The molecule has 84 valence electrons. The number of hydrogen-bond donors (Lipinski definition) is 1. The van der Waals surface area contributed by atoms with Crippen molar-refractivity contribution in [3.8, 4) is 11.3 Å². The summed E-state index contributed by atoms with van der Waals surface area (Å²) in [7, 11) is 0. The van der Waals surface area contributed by atoms with Crippen LogP contribution in [0.4, 0.5) is 0 Å². The molecule has 4 heteroatoms. The fourth-order valence-electron chi connectivity index (χ4n) is 1.64. The van der Waals surface area contributed by atoms with E-state index in [-0.39, 0.29) is 6.04 Å². The van der Waals surface area contributed by atoms with Crippen LogP contribution in [0, 0.1) is 0 Å². The summed E-state index contributed by atoms with van der Waals surface area (Å²) in [5.74, 6) is 0. The van der Waals surface area contributed by atoms with Gasteiger partial charge in [0.05, 0.1) is 23.0 Å². The molecule has 0 aliphatic carbocycles. The largest absolute Gasteiger partial charge is 0.328 e. The molecule has 2 rings (SSSR count). The molecule has 1 heterocycles. The van der Waals surface area contributed by atoms with Gasteiger partial charge in [-0.25, -0.2) is 0 Å². The van der Waals surface area contributed by atoms with Crippen LogP contribution in [0.25, 0.3) is 11.3 Å². The van der Waals surface area contributed by atoms with Gasteiger partial charge in [0.15, 0.2) is 0 Å². The Hall–Kier alpha value is -1.32. The highest BCUT2D eigenvalue weighted by atomic mass is 35.5. The van der Waals surface area contributed by atoms with E-state index in [2.05, 4.69) is 5.10 Å². The molecule has 0 amide bonds. The summed E-state index contributed by atoms with van der Waals surface area (Å²) in [6.45, 7) is 2.56. The summed E-state index contributed by atoms with van der Waals surface area (Å²) in [5, 5.41) is 4.93. The highest BCUT2D eigenvalue weighted by Gasteiger charge is 2.14. The van der Waals surface area contributed by atoms with Crippen molar-refractivity contribution >= 4 is 11.6 Å². The van der Waals surface area contributed by atoms with Gasteiger partial charge in [-0.1, -0.05) is 41.9 Å². The van der Waals surface area contributed by atoms with Gasteiger partial charge < -0.3 is 5.73 Å². The van der Waals surface area contributed by atoms with Crippen LogP contribution in [0.1, 0.15) is 13.0 Å². The molecule has 1 aromatic carbocycles. The quantitative estimate of drug-likeness (QED) is 0.889. The summed E-state index contributed by atoms with van der Waals surface area (Å²) in [6.07, 6.45) is 1.66. The second kappa shape index (κ2) is 4.68. The molecule has 16 heavy (non-hydrogen) atoms. The van der Waals surface area contributed by atoms with E-state index in [4.69, 9.17) is 17.3 Å². The third-order valence-corrected chi connectivity index (χ3v) is 2.83. The molecule has 3 nitrogen and oxygen atoms in total. The second-order valence-electron chi connectivity index (χ2n) is 3.74. The molecule has 0 fully saturated rings. The molecular formula is C12H14ClN3. The van der Waals surface area contributed by atoms with Crippen molar-refractivity contribution in [3.05, 3.63) is 41.6 Å². The van der Waals surface area contributed by atoms with Gasteiger partial charge in [-0.3, -0.25) is 4.68 Å². The van der Waals surface area contributed by atoms with E-state index < -0.39 is 0 Å². The van der Waals surface area contributed by atoms with Crippen LogP contribution in [0.3, 0.4) is 0 Å². The van der Waals surface area contributed by atoms with Crippen molar-refractivity contribution in [3.63, 3.8) is 0 Å². The first kappa shape index (κ1) is 11.2. The van der Waals surface area contributed by atoms with Crippen molar-refractivity contribution in [1.29, 1.82) is 0 Å². The van der Waals surface area contributed by atoms with E-state index in [0.29, 0.717) is 11.6 Å². The van der Waals surface area contributed by atoms with Gasteiger partial charge in [0.2, 0.25) is 0 Å². The summed E-state index contributed by atoms with van der Waals surface area (Å²) in [6, 6.07) is 10.1. The Bertz CT molecular complexity index is 464. The van der Waals surface area contributed by atoms with E-state index in [1.807, 2.05) is 41.9 Å². The molecule has 0 aliphatic rings. The monoisotopic (exact) mass is 235 g/mol. The van der Waals surface area contributed by atoms with Gasteiger partial charge in [0.25, 0.3) is 0 Å². The molecule has 1 atom stereocenters. The lowest BCUT2D eigenvalue weighted by Gasteiger charge is -2.13. The Morgan fingerprint density at radius 3 is 2.69 bits per heavy atom. The number of hydrogen-bond acceptors (Lipinski definition) is 2. The predicted octanol–water partition coefficient (Wildman–Crippen LogP) is 2.72. The van der Waals surface area contributed by atoms with E-state index in [9.17, 15) is 0 Å². The Morgan fingerprint density at radius 1 is 1.38 bits per heavy atom. The average molecular weight is 236 g/mol. The lowest BCUT2D eigenvalue weighted by atomic mass is 10.1. The molecule has 0 saturated heterocycles. The second-order valence-corrected chi connectivity index (χ2v) is 4.14. The maximum absolute atomic E-state index is 6.16. The molecule has 0 bridgehead atoms.